The molecule has 1 aromatic carbocycles. The van der Waals surface area contributed by atoms with Crippen molar-refractivity contribution in [3.63, 3.8) is 0 Å². The second kappa shape index (κ2) is 11.6. The lowest BCUT2D eigenvalue weighted by Gasteiger charge is -2.20. The summed E-state index contributed by atoms with van der Waals surface area (Å²) in [6.07, 6.45) is 7.32. The van der Waals surface area contributed by atoms with Crippen molar-refractivity contribution in [2.45, 2.75) is 32.2 Å². The van der Waals surface area contributed by atoms with E-state index in [0.717, 1.165) is 63.4 Å². The van der Waals surface area contributed by atoms with Crippen molar-refractivity contribution in [3.05, 3.63) is 48.3 Å². The maximum Gasteiger partial charge on any atom is 0.191 e. The number of nitrogens with one attached hydrogen (secondary N) is 2. The molecule has 0 saturated heterocycles. The van der Waals surface area contributed by atoms with Crippen LogP contribution < -0.4 is 10.6 Å². The maximum absolute atomic E-state index is 5.23. The summed E-state index contributed by atoms with van der Waals surface area (Å²) in [5.74, 6) is 0.892. The highest BCUT2D eigenvalue weighted by molar-refractivity contribution is 5.79. The second-order valence-electron chi connectivity index (χ2n) is 7.31. The molecule has 0 spiro atoms. The smallest absolute Gasteiger partial charge is 0.191 e. The molecule has 1 aromatic heterocycles. The van der Waals surface area contributed by atoms with E-state index in [9.17, 15) is 0 Å². The third-order valence-corrected chi connectivity index (χ3v) is 5.06. The first-order valence-electron chi connectivity index (χ1n) is 10.6. The third kappa shape index (κ3) is 7.18. The molecule has 0 bridgehead atoms. The van der Waals surface area contributed by atoms with E-state index in [4.69, 9.17) is 9.73 Å². The molecule has 1 aliphatic rings. The second-order valence-corrected chi connectivity index (χ2v) is 7.31. The summed E-state index contributed by atoms with van der Waals surface area (Å²) >= 11 is 0. The Kier molecular flexibility index (Phi) is 8.52. The summed E-state index contributed by atoms with van der Waals surface area (Å²) < 4.78 is 7.10. The van der Waals surface area contributed by atoms with E-state index in [0.29, 0.717) is 0 Å². The zero-order chi connectivity index (χ0) is 20.3. The standard InChI is InChI=1S/C22H34N6O/c1-3-23-22(25-14-16-27(17-18-29-2)20-9-10-20)24-13-11-19-5-7-21(8-6-19)28-15-4-12-26-28/h4-8,12,15,20H,3,9-11,13-14,16-18H2,1-2H3,(H2,23,24,25). The minimum atomic E-state index is 0.737. The van der Waals surface area contributed by atoms with Crippen LogP contribution in [-0.2, 0) is 11.2 Å². The zero-order valence-corrected chi connectivity index (χ0v) is 17.7. The van der Waals surface area contributed by atoms with Crippen molar-refractivity contribution >= 4 is 5.96 Å². The first-order chi connectivity index (χ1) is 14.3. The van der Waals surface area contributed by atoms with Gasteiger partial charge in [0.15, 0.2) is 5.96 Å². The summed E-state index contributed by atoms with van der Waals surface area (Å²) in [5.41, 5.74) is 2.37. The molecule has 7 nitrogen and oxygen atoms in total. The number of guanidine groups is 1. The monoisotopic (exact) mass is 398 g/mol. The molecule has 0 amide bonds. The summed E-state index contributed by atoms with van der Waals surface area (Å²) in [7, 11) is 1.77. The van der Waals surface area contributed by atoms with Gasteiger partial charge in [0.25, 0.3) is 0 Å². The van der Waals surface area contributed by atoms with Gasteiger partial charge in [-0.2, -0.15) is 5.10 Å². The van der Waals surface area contributed by atoms with Crippen molar-refractivity contribution < 1.29 is 4.74 Å². The number of ether oxygens (including phenoxy) is 1. The van der Waals surface area contributed by atoms with E-state index in [2.05, 4.69) is 51.8 Å². The SMILES string of the molecule is CCNC(=NCCN(CCOC)C1CC1)NCCc1ccc(-n2cccn2)cc1. The lowest BCUT2D eigenvalue weighted by Crippen LogP contribution is -2.39. The average molecular weight is 399 g/mol. The van der Waals surface area contributed by atoms with Gasteiger partial charge in [-0.15, -0.1) is 0 Å². The molecule has 0 unspecified atom stereocenters. The van der Waals surface area contributed by atoms with Crippen molar-refractivity contribution in [1.82, 2.24) is 25.3 Å². The number of aromatic nitrogens is 2. The van der Waals surface area contributed by atoms with E-state index >= 15 is 0 Å². The van der Waals surface area contributed by atoms with Gasteiger partial charge in [0, 0.05) is 51.7 Å². The molecule has 1 aliphatic carbocycles. The van der Waals surface area contributed by atoms with Gasteiger partial charge in [-0.3, -0.25) is 9.89 Å². The minimum absolute atomic E-state index is 0.737. The maximum atomic E-state index is 5.23. The van der Waals surface area contributed by atoms with Crippen molar-refractivity contribution in [2.24, 2.45) is 4.99 Å². The predicted molar refractivity (Wildman–Crippen MR) is 118 cm³/mol. The summed E-state index contributed by atoms with van der Waals surface area (Å²) in [5, 5.41) is 11.1. The Bertz CT molecular complexity index is 724. The molecular weight excluding hydrogens is 364 g/mol. The quantitative estimate of drug-likeness (QED) is 0.423. The van der Waals surface area contributed by atoms with E-state index in [-0.39, 0.29) is 0 Å². The van der Waals surface area contributed by atoms with Crippen LogP contribution in [0.25, 0.3) is 5.69 Å². The van der Waals surface area contributed by atoms with Crippen molar-refractivity contribution in [1.29, 1.82) is 0 Å². The summed E-state index contributed by atoms with van der Waals surface area (Å²) in [6.45, 7) is 7.38. The fraction of sp³-hybridized carbons (Fsp3) is 0.545. The Labute approximate surface area is 174 Å². The molecule has 1 fully saturated rings. The van der Waals surface area contributed by atoms with Crippen LogP contribution in [0.4, 0.5) is 0 Å². The molecule has 1 heterocycles. The van der Waals surface area contributed by atoms with Crippen LogP contribution in [0, 0.1) is 0 Å². The lowest BCUT2D eigenvalue weighted by molar-refractivity contribution is 0.145. The first-order valence-corrected chi connectivity index (χ1v) is 10.6. The first kappa shape index (κ1) is 21.3. The molecule has 1 saturated carbocycles. The van der Waals surface area contributed by atoms with Crippen LogP contribution >= 0.6 is 0 Å². The third-order valence-electron chi connectivity index (χ3n) is 5.06. The van der Waals surface area contributed by atoms with Crippen LogP contribution in [0.2, 0.25) is 0 Å². The highest BCUT2D eigenvalue weighted by Crippen LogP contribution is 2.26. The van der Waals surface area contributed by atoms with Gasteiger partial charge in [-0.1, -0.05) is 12.1 Å². The number of hydrogen-bond donors (Lipinski definition) is 2. The van der Waals surface area contributed by atoms with Gasteiger partial charge < -0.3 is 15.4 Å². The van der Waals surface area contributed by atoms with Gasteiger partial charge in [-0.25, -0.2) is 4.68 Å². The Hall–Kier alpha value is -2.38. The Balaban J connectivity index is 1.43. The summed E-state index contributed by atoms with van der Waals surface area (Å²) in [4.78, 5) is 7.25. The Morgan fingerprint density at radius 3 is 2.72 bits per heavy atom. The number of benzene rings is 1. The molecule has 7 heteroatoms. The molecule has 3 rings (SSSR count). The lowest BCUT2D eigenvalue weighted by atomic mass is 10.1. The molecule has 158 valence electrons. The zero-order valence-electron chi connectivity index (χ0n) is 17.7. The fourth-order valence-corrected chi connectivity index (χ4v) is 3.32. The van der Waals surface area contributed by atoms with E-state index in [1.165, 1.54) is 18.4 Å². The normalized spacial score (nSPS) is 14.4. The molecule has 0 atom stereocenters. The number of hydrogen-bond acceptors (Lipinski definition) is 4. The van der Waals surface area contributed by atoms with Crippen LogP contribution in [0.15, 0.2) is 47.7 Å². The highest BCUT2D eigenvalue weighted by atomic mass is 16.5. The van der Waals surface area contributed by atoms with Crippen molar-refractivity contribution in [3.8, 4) is 5.69 Å². The average Bonchev–Trinajstić information content (AvgIpc) is 3.44. The van der Waals surface area contributed by atoms with Crippen LogP contribution in [0.5, 0.6) is 0 Å². The highest BCUT2D eigenvalue weighted by Gasteiger charge is 2.28. The molecule has 0 aliphatic heterocycles. The Morgan fingerprint density at radius 2 is 2.07 bits per heavy atom. The number of aliphatic imine (C=N–C) groups is 1. The molecular formula is C22H34N6O. The van der Waals surface area contributed by atoms with Crippen LogP contribution in [-0.4, -0.2) is 73.1 Å². The van der Waals surface area contributed by atoms with Gasteiger partial charge >= 0.3 is 0 Å². The molecule has 2 aromatic rings. The fourth-order valence-electron chi connectivity index (χ4n) is 3.32. The topological polar surface area (TPSA) is 66.7 Å². The van der Waals surface area contributed by atoms with Crippen molar-refractivity contribution in [2.75, 3.05) is 46.4 Å². The predicted octanol–water partition coefficient (Wildman–Crippen LogP) is 2.08. The van der Waals surface area contributed by atoms with Gasteiger partial charge in [0.05, 0.1) is 18.8 Å². The van der Waals surface area contributed by atoms with Gasteiger partial charge in [0.2, 0.25) is 0 Å². The number of methoxy groups -OCH3 is 1. The molecule has 29 heavy (non-hydrogen) atoms. The van der Waals surface area contributed by atoms with E-state index in [1.54, 1.807) is 13.3 Å². The van der Waals surface area contributed by atoms with E-state index in [1.807, 2.05) is 16.9 Å². The molecule has 2 N–H and O–H groups in total. The molecule has 0 radical (unpaired) electrons. The van der Waals surface area contributed by atoms with Gasteiger partial charge in [0.1, 0.15) is 0 Å². The minimum Gasteiger partial charge on any atom is -0.383 e. The summed E-state index contributed by atoms with van der Waals surface area (Å²) in [6, 6.07) is 11.2. The van der Waals surface area contributed by atoms with Crippen LogP contribution in [0.1, 0.15) is 25.3 Å². The number of rotatable bonds is 12. The van der Waals surface area contributed by atoms with Crippen LogP contribution in [0.3, 0.4) is 0 Å². The van der Waals surface area contributed by atoms with Gasteiger partial charge in [-0.05, 0) is 49.9 Å². The number of nitrogens with zero attached hydrogens (tertiary/aromatic N) is 4. The Morgan fingerprint density at radius 1 is 1.24 bits per heavy atom. The largest absolute Gasteiger partial charge is 0.383 e. The van der Waals surface area contributed by atoms with E-state index < -0.39 is 0 Å².